The largest absolute Gasteiger partial charge is 0.497 e. The average Bonchev–Trinajstić information content (AvgIpc) is 3.33. The maximum atomic E-state index is 13.3. The zero-order valence-corrected chi connectivity index (χ0v) is 19.9. The van der Waals surface area contributed by atoms with Crippen molar-refractivity contribution in [3.63, 3.8) is 0 Å². The molecule has 0 unspecified atom stereocenters. The van der Waals surface area contributed by atoms with Crippen molar-refractivity contribution in [2.24, 2.45) is 0 Å². The molecule has 6 heteroatoms. The molecule has 3 rings (SSSR count). The average molecular weight is 455 g/mol. The summed E-state index contributed by atoms with van der Waals surface area (Å²) in [5.74, 6) is 1.87. The number of methoxy groups -OCH3 is 1. The van der Waals surface area contributed by atoms with Crippen molar-refractivity contribution in [1.29, 1.82) is 0 Å². The first-order chi connectivity index (χ1) is 15.6. The first-order valence-electron chi connectivity index (χ1n) is 11.4. The van der Waals surface area contributed by atoms with Crippen LogP contribution in [0.4, 0.5) is 0 Å². The topological polar surface area (TPSA) is 58.6 Å². The monoisotopic (exact) mass is 454 g/mol. The van der Waals surface area contributed by atoms with Gasteiger partial charge >= 0.3 is 0 Å². The van der Waals surface area contributed by atoms with E-state index in [-0.39, 0.29) is 17.9 Å². The number of nitrogens with one attached hydrogen (secondary N) is 1. The lowest BCUT2D eigenvalue weighted by Crippen LogP contribution is -2.51. The van der Waals surface area contributed by atoms with Crippen molar-refractivity contribution in [3.05, 3.63) is 65.7 Å². The van der Waals surface area contributed by atoms with Crippen molar-refractivity contribution in [1.82, 2.24) is 10.2 Å². The zero-order chi connectivity index (χ0) is 22.8. The van der Waals surface area contributed by atoms with Gasteiger partial charge < -0.3 is 15.0 Å². The number of hydrogen-bond acceptors (Lipinski definition) is 4. The molecule has 0 bridgehead atoms. The Bertz CT molecular complexity index is 851. The predicted molar refractivity (Wildman–Crippen MR) is 131 cm³/mol. The summed E-state index contributed by atoms with van der Waals surface area (Å²) < 4.78 is 5.20. The molecule has 1 aliphatic carbocycles. The van der Waals surface area contributed by atoms with Crippen molar-refractivity contribution in [2.45, 2.75) is 63.4 Å². The third-order valence-corrected chi connectivity index (χ3v) is 6.93. The molecule has 0 spiro atoms. The maximum absolute atomic E-state index is 13.3. The highest BCUT2D eigenvalue weighted by Crippen LogP contribution is 2.21. The number of benzene rings is 2. The van der Waals surface area contributed by atoms with Gasteiger partial charge in [0.25, 0.3) is 0 Å². The van der Waals surface area contributed by atoms with Gasteiger partial charge in [-0.15, -0.1) is 11.8 Å². The Morgan fingerprint density at radius 2 is 1.75 bits per heavy atom. The molecule has 2 aromatic carbocycles. The standard InChI is InChI=1S/C26H34N2O3S/c1-3-24(26(30)27-22-11-7-8-12-22)28(17-20-9-5-4-6-10-20)25(29)19-32-18-21-13-15-23(31-2)16-14-21/h4-6,9-10,13-16,22,24H,3,7-8,11-12,17-19H2,1-2H3,(H,27,30)/t24-/m0/s1. The molecule has 0 radical (unpaired) electrons. The molecule has 172 valence electrons. The summed E-state index contributed by atoms with van der Waals surface area (Å²) in [6, 6.07) is 17.6. The predicted octanol–water partition coefficient (Wildman–Crippen LogP) is 4.79. The van der Waals surface area contributed by atoms with Crippen LogP contribution >= 0.6 is 11.8 Å². The molecule has 1 saturated carbocycles. The summed E-state index contributed by atoms with van der Waals surface area (Å²) in [6.07, 6.45) is 4.99. The fourth-order valence-electron chi connectivity index (χ4n) is 4.13. The summed E-state index contributed by atoms with van der Waals surface area (Å²) in [5, 5.41) is 3.19. The number of thioether (sulfide) groups is 1. The summed E-state index contributed by atoms with van der Waals surface area (Å²) in [4.78, 5) is 28.1. The van der Waals surface area contributed by atoms with Gasteiger partial charge in [-0.2, -0.15) is 0 Å². The van der Waals surface area contributed by atoms with E-state index < -0.39 is 6.04 Å². The van der Waals surface area contributed by atoms with Gasteiger partial charge in [0, 0.05) is 18.3 Å². The minimum atomic E-state index is -0.454. The molecule has 1 fully saturated rings. The molecular formula is C26H34N2O3S. The number of nitrogens with zero attached hydrogens (tertiary/aromatic N) is 1. The number of rotatable bonds is 11. The van der Waals surface area contributed by atoms with E-state index in [9.17, 15) is 9.59 Å². The molecule has 5 nitrogen and oxygen atoms in total. The van der Waals surface area contributed by atoms with Crippen LogP contribution in [0.1, 0.15) is 50.2 Å². The van der Waals surface area contributed by atoms with Crippen LogP contribution in [0.5, 0.6) is 5.75 Å². The number of hydrogen-bond donors (Lipinski definition) is 1. The van der Waals surface area contributed by atoms with Crippen LogP contribution in [0.2, 0.25) is 0 Å². The molecule has 1 N–H and O–H groups in total. The van der Waals surface area contributed by atoms with Gasteiger partial charge in [-0.3, -0.25) is 9.59 Å². The van der Waals surface area contributed by atoms with Crippen molar-refractivity contribution >= 4 is 23.6 Å². The van der Waals surface area contributed by atoms with Gasteiger partial charge in [-0.05, 0) is 42.5 Å². The van der Waals surface area contributed by atoms with Crippen molar-refractivity contribution < 1.29 is 14.3 Å². The van der Waals surface area contributed by atoms with E-state index in [1.54, 1.807) is 23.8 Å². The molecule has 2 amide bonds. The van der Waals surface area contributed by atoms with Crippen LogP contribution in [0.25, 0.3) is 0 Å². The molecular weight excluding hydrogens is 420 g/mol. The minimum Gasteiger partial charge on any atom is -0.497 e. The Balaban J connectivity index is 1.65. The lowest BCUT2D eigenvalue weighted by atomic mass is 10.1. The van der Waals surface area contributed by atoms with Gasteiger partial charge in [0.1, 0.15) is 11.8 Å². The van der Waals surface area contributed by atoms with E-state index in [2.05, 4.69) is 5.32 Å². The van der Waals surface area contributed by atoms with Crippen LogP contribution < -0.4 is 10.1 Å². The third-order valence-electron chi connectivity index (χ3n) is 5.94. The van der Waals surface area contributed by atoms with Gasteiger partial charge in [0.05, 0.1) is 12.9 Å². The van der Waals surface area contributed by atoms with Crippen LogP contribution in [-0.2, 0) is 21.9 Å². The molecule has 32 heavy (non-hydrogen) atoms. The van der Waals surface area contributed by atoms with Crippen molar-refractivity contribution in [3.8, 4) is 5.75 Å². The lowest BCUT2D eigenvalue weighted by Gasteiger charge is -2.31. The van der Waals surface area contributed by atoms with Crippen LogP contribution in [0.3, 0.4) is 0 Å². The minimum absolute atomic E-state index is 0.000728. The molecule has 1 atom stereocenters. The first kappa shape index (κ1) is 24.2. The normalized spacial score (nSPS) is 14.7. The van der Waals surface area contributed by atoms with Crippen LogP contribution in [0, 0.1) is 0 Å². The summed E-state index contributed by atoms with van der Waals surface area (Å²) in [6.45, 7) is 2.42. The number of carbonyl (C=O) groups is 2. The molecule has 0 aromatic heterocycles. The molecule has 0 aliphatic heterocycles. The molecule has 2 aromatic rings. The highest BCUT2D eigenvalue weighted by molar-refractivity contribution is 7.99. The Morgan fingerprint density at radius 1 is 1.06 bits per heavy atom. The van der Waals surface area contributed by atoms with Gasteiger partial charge in [-0.25, -0.2) is 0 Å². The zero-order valence-electron chi connectivity index (χ0n) is 19.1. The van der Waals surface area contributed by atoms with E-state index in [0.717, 1.165) is 48.3 Å². The highest BCUT2D eigenvalue weighted by atomic mass is 32.2. The molecule has 0 saturated heterocycles. The smallest absolute Gasteiger partial charge is 0.243 e. The quantitative estimate of drug-likeness (QED) is 0.530. The van der Waals surface area contributed by atoms with E-state index in [1.807, 2.05) is 61.5 Å². The van der Waals surface area contributed by atoms with Crippen LogP contribution in [0.15, 0.2) is 54.6 Å². The second kappa shape index (κ2) is 12.5. The van der Waals surface area contributed by atoms with Crippen LogP contribution in [-0.4, -0.2) is 41.7 Å². The highest BCUT2D eigenvalue weighted by Gasteiger charge is 2.30. The number of ether oxygens (including phenoxy) is 1. The Labute approximate surface area is 195 Å². The van der Waals surface area contributed by atoms with E-state index in [0.29, 0.717) is 18.7 Å². The Hall–Kier alpha value is -2.47. The summed E-state index contributed by atoms with van der Waals surface area (Å²) in [7, 11) is 1.65. The lowest BCUT2D eigenvalue weighted by molar-refractivity contribution is -0.139. The van der Waals surface area contributed by atoms with E-state index in [4.69, 9.17) is 4.74 Å². The first-order valence-corrected chi connectivity index (χ1v) is 12.6. The number of amides is 2. The number of carbonyl (C=O) groups excluding carboxylic acids is 2. The van der Waals surface area contributed by atoms with E-state index in [1.165, 1.54) is 0 Å². The van der Waals surface area contributed by atoms with Gasteiger partial charge in [0.15, 0.2) is 0 Å². The molecule has 1 aliphatic rings. The Morgan fingerprint density at radius 3 is 2.38 bits per heavy atom. The second-order valence-electron chi connectivity index (χ2n) is 8.26. The maximum Gasteiger partial charge on any atom is 0.243 e. The Kier molecular flexibility index (Phi) is 9.47. The summed E-state index contributed by atoms with van der Waals surface area (Å²) in [5.41, 5.74) is 2.18. The second-order valence-corrected chi connectivity index (χ2v) is 9.25. The van der Waals surface area contributed by atoms with Gasteiger partial charge in [0.2, 0.25) is 11.8 Å². The third kappa shape index (κ3) is 7.02. The SMILES string of the molecule is CC[C@@H](C(=O)NC1CCCC1)N(Cc1ccccc1)C(=O)CSCc1ccc(OC)cc1. The molecule has 0 heterocycles. The fraction of sp³-hybridized carbons (Fsp3) is 0.462. The van der Waals surface area contributed by atoms with E-state index >= 15 is 0 Å². The summed E-state index contributed by atoms with van der Waals surface area (Å²) >= 11 is 1.58. The fourth-order valence-corrected chi connectivity index (χ4v) is 5.00. The van der Waals surface area contributed by atoms with Gasteiger partial charge in [-0.1, -0.05) is 62.2 Å². The van der Waals surface area contributed by atoms with Crippen molar-refractivity contribution in [2.75, 3.05) is 12.9 Å².